The van der Waals surface area contributed by atoms with E-state index in [0.29, 0.717) is 0 Å². The van der Waals surface area contributed by atoms with Crippen molar-refractivity contribution < 1.29 is 9.53 Å². The molecule has 0 spiro atoms. The third-order valence-electron chi connectivity index (χ3n) is 3.43. The highest BCUT2D eigenvalue weighted by atomic mass is 16.5. The molecule has 0 radical (unpaired) electrons. The lowest BCUT2D eigenvalue weighted by Crippen LogP contribution is -2.40. The summed E-state index contributed by atoms with van der Waals surface area (Å²) in [5.41, 5.74) is 2.80. The van der Waals surface area contributed by atoms with Crippen molar-refractivity contribution in [2.75, 3.05) is 0 Å². The molecule has 0 aromatic heterocycles. The second-order valence-corrected chi connectivity index (χ2v) is 5.56. The Morgan fingerprint density at radius 1 is 1.16 bits per heavy atom. The molecule has 1 amide bonds. The van der Waals surface area contributed by atoms with Gasteiger partial charge in [-0.2, -0.15) is 0 Å². The molecule has 0 saturated heterocycles. The Balaban J connectivity index is 2.01. The first-order valence-electron chi connectivity index (χ1n) is 7.15. The molecule has 1 atom stereocenters. The predicted molar refractivity (Wildman–Crippen MR) is 76.5 cm³/mol. The summed E-state index contributed by atoms with van der Waals surface area (Å²) in [6.45, 7) is 5.68. The van der Waals surface area contributed by atoms with Gasteiger partial charge in [0.15, 0.2) is 6.10 Å². The minimum Gasteiger partial charge on any atom is -0.481 e. The lowest BCUT2D eigenvalue weighted by Gasteiger charge is -2.19. The fraction of sp³-hybridized carbons (Fsp3) is 0.562. The van der Waals surface area contributed by atoms with Crippen molar-refractivity contribution in [2.24, 2.45) is 0 Å². The Kier molecular flexibility index (Phi) is 4.46. The maximum absolute atomic E-state index is 11.8. The van der Waals surface area contributed by atoms with E-state index >= 15 is 0 Å². The predicted octanol–water partition coefficient (Wildman–Crippen LogP) is 2.86. The van der Waals surface area contributed by atoms with Crippen LogP contribution in [0.2, 0.25) is 0 Å². The van der Waals surface area contributed by atoms with Crippen molar-refractivity contribution in [1.29, 1.82) is 0 Å². The summed E-state index contributed by atoms with van der Waals surface area (Å²) in [6, 6.07) is 6.34. The Labute approximate surface area is 115 Å². The fourth-order valence-corrected chi connectivity index (χ4v) is 2.44. The monoisotopic (exact) mass is 261 g/mol. The number of hydrogen-bond acceptors (Lipinski definition) is 2. The summed E-state index contributed by atoms with van der Waals surface area (Å²) in [5, 5.41) is 2.86. The quantitative estimate of drug-likeness (QED) is 0.905. The van der Waals surface area contributed by atoms with Gasteiger partial charge < -0.3 is 10.1 Å². The van der Waals surface area contributed by atoms with Gasteiger partial charge in [0.05, 0.1) is 0 Å². The van der Waals surface area contributed by atoms with Gasteiger partial charge in [-0.05, 0) is 69.7 Å². The first-order chi connectivity index (χ1) is 9.06. The minimum atomic E-state index is -0.455. The molecule has 0 heterocycles. The summed E-state index contributed by atoms with van der Waals surface area (Å²) in [7, 11) is 0. The summed E-state index contributed by atoms with van der Waals surface area (Å²) in [6.07, 6.45) is 4.36. The number of nitrogens with one attached hydrogen (secondary N) is 1. The molecule has 19 heavy (non-hydrogen) atoms. The first kappa shape index (κ1) is 13.9. The van der Waals surface area contributed by atoms with Gasteiger partial charge in [-0.1, -0.05) is 6.07 Å². The van der Waals surface area contributed by atoms with E-state index < -0.39 is 6.10 Å². The van der Waals surface area contributed by atoms with Gasteiger partial charge in [-0.25, -0.2) is 0 Å². The number of rotatable bonds is 4. The Hall–Kier alpha value is -1.51. The van der Waals surface area contributed by atoms with Gasteiger partial charge in [-0.3, -0.25) is 4.79 Å². The first-order valence-corrected chi connectivity index (χ1v) is 7.15. The smallest absolute Gasteiger partial charge is 0.260 e. The van der Waals surface area contributed by atoms with E-state index in [9.17, 15) is 4.79 Å². The minimum absolute atomic E-state index is 0.0623. The van der Waals surface area contributed by atoms with Crippen molar-refractivity contribution >= 4 is 5.91 Å². The maximum atomic E-state index is 11.8. The van der Waals surface area contributed by atoms with Crippen molar-refractivity contribution in [1.82, 2.24) is 5.32 Å². The fourth-order valence-electron chi connectivity index (χ4n) is 2.44. The van der Waals surface area contributed by atoms with Crippen LogP contribution in [0.25, 0.3) is 0 Å². The third kappa shape index (κ3) is 3.72. The van der Waals surface area contributed by atoms with Crippen LogP contribution in [0, 0.1) is 0 Å². The molecular formula is C16H23NO2. The van der Waals surface area contributed by atoms with Gasteiger partial charge in [0.2, 0.25) is 0 Å². The van der Waals surface area contributed by atoms with E-state index in [2.05, 4.69) is 17.4 Å². The Morgan fingerprint density at radius 2 is 1.84 bits per heavy atom. The lowest BCUT2D eigenvalue weighted by molar-refractivity contribution is -0.127. The molecule has 2 rings (SSSR count). The third-order valence-corrected chi connectivity index (χ3v) is 3.43. The van der Waals surface area contributed by atoms with Gasteiger partial charge >= 0.3 is 0 Å². The number of aryl methyl sites for hydroxylation is 2. The molecule has 1 aliphatic rings. The van der Waals surface area contributed by atoms with E-state index in [1.54, 1.807) is 6.92 Å². The Bertz CT molecular complexity index is 454. The average Bonchev–Trinajstić information content (AvgIpc) is 2.37. The molecule has 1 aromatic rings. The molecule has 1 aromatic carbocycles. The number of fused-ring (bicyclic) bond motifs is 1. The molecule has 0 bridgehead atoms. The second-order valence-electron chi connectivity index (χ2n) is 5.56. The molecule has 104 valence electrons. The zero-order valence-corrected chi connectivity index (χ0v) is 12.0. The highest BCUT2D eigenvalue weighted by molar-refractivity contribution is 5.80. The van der Waals surface area contributed by atoms with Gasteiger partial charge in [-0.15, -0.1) is 0 Å². The number of hydrogen-bond donors (Lipinski definition) is 1. The lowest BCUT2D eigenvalue weighted by atomic mass is 9.92. The van der Waals surface area contributed by atoms with Crippen LogP contribution in [0.3, 0.4) is 0 Å². The molecule has 3 heteroatoms. The number of benzene rings is 1. The Morgan fingerprint density at radius 3 is 2.53 bits per heavy atom. The topological polar surface area (TPSA) is 38.3 Å². The molecule has 3 nitrogen and oxygen atoms in total. The van der Waals surface area contributed by atoms with E-state index in [1.165, 1.54) is 30.4 Å². The van der Waals surface area contributed by atoms with E-state index in [0.717, 1.165) is 12.2 Å². The van der Waals surface area contributed by atoms with Crippen LogP contribution in [-0.4, -0.2) is 18.1 Å². The van der Waals surface area contributed by atoms with Crippen LogP contribution < -0.4 is 10.1 Å². The molecule has 1 aliphatic carbocycles. The largest absolute Gasteiger partial charge is 0.481 e. The normalized spacial score (nSPS) is 15.8. The van der Waals surface area contributed by atoms with Crippen molar-refractivity contribution in [2.45, 2.75) is 58.6 Å². The van der Waals surface area contributed by atoms with Crippen LogP contribution in [0.5, 0.6) is 5.75 Å². The van der Waals surface area contributed by atoms with E-state index in [1.807, 2.05) is 19.9 Å². The van der Waals surface area contributed by atoms with Crippen molar-refractivity contribution in [3.05, 3.63) is 29.3 Å². The van der Waals surface area contributed by atoms with Gasteiger partial charge in [0, 0.05) is 6.04 Å². The second kappa shape index (κ2) is 6.09. The highest BCUT2D eigenvalue weighted by Crippen LogP contribution is 2.25. The number of amides is 1. The molecule has 1 N–H and O–H groups in total. The van der Waals surface area contributed by atoms with Gasteiger partial charge in [0.1, 0.15) is 5.75 Å². The summed E-state index contributed by atoms with van der Waals surface area (Å²) >= 11 is 0. The number of carbonyl (C=O) groups excluding carboxylic acids is 1. The molecular weight excluding hydrogens is 238 g/mol. The number of ether oxygens (including phenoxy) is 1. The van der Waals surface area contributed by atoms with Crippen LogP contribution in [0.15, 0.2) is 18.2 Å². The molecule has 0 saturated carbocycles. The summed E-state index contributed by atoms with van der Waals surface area (Å²) < 4.78 is 5.73. The van der Waals surface area contributed by atoms with Crippen molar-refractivity contribution in [3.63, 3.8) is 0 Å². The van der Waals surface area contributed by atoms with Crippen LogP contribution >= 0.6 is 0 Å². The summed E-state index contributed by atoms with van der Waals surface area (Å²) in [5.74, 6) is 0.736. The number of carbonyl (C=O) groups is 1. The van der Waals surface area contributed by atoms with Crippen molar-refractivity contribution in [3.8, 4) is 5.75 Å². The zero-order chi connectivity index (χ0) is 13.8. The van der Waals surface area contributed by atoms with E-state index in [4.69, 9.17) is 4.74 Å². The van der Waals surface area contributed by atoms with Crippen LogP contribution in [0.1, 0.15) is 44.7 Å². The molecule has 0 unspecified atom stereocenters. The highest BCUT2D eigenvalue weighted by Gasteiger charge is 2.16. The van der Waals surface area contributed by atoms with Gasteiger partial charge in [0.25, 0.3) is 5.91 Å². The maximum Gasteiger partial charge on any atom is 0.260 e. The standard InChI is InChI=1S/C16H23NO2/c1-11(2)17-16(18)12(3)19-15-9-8-13-6-4-5-7-14(13)10-15/h8-12H,4-7H2,1-3H3,(H,17,18)/t12-/m0/s1. The van der Waals surface area contributed by atoms with Crippen LogP contribution in [-0.2, 0) is 17.6 Å². The SMILES string of the molecule is CC(C)NC(=O)[C@H](C)Oc1ccc2c(c1)CCCC2. The summed E-state index contributed by atoms with van der Waals surface area (Å²) in [4.78, 5) is 11.8. The average molecular weight is 261 g/mol. The molecule has 0 fully saturated rings. The van der Waals surface area contributed by atoms with E-state index in [-0.39, 0.29) is 11.9 Å². The zero-order valence-electron chi connectivity index (χ0n) is 12.0. The molecule has 0 aliphatic heterocycles. The van der Waals surface area contributed by atoms with Crippen LogP contribution in [0.4, 0.5) is 0 Å².